The lowest BCUT2D eigenvalue weighted by atomic mass is 10.1. The van der Waals surface area contributed by atoms with E-state index < -0.39 is 17.8 Å². The minimum absolute atomic E-state index is 0.0282. The van der Waals surface area contributed by atoms with Crippen LogP contribution in [0.2, 0.25) is 5.02 Å². The van der Waals surface area contributed by atoms with Crippen LogP contribution < -0.4 is 0 Å². The lowest BCUT2D eigenvalue weighted by molar-refractivity contribution is -0.137. The van der Waals surface area contributed by atoms with Crippen molar-refractivity contribution < 1.29 is 18.3 Å². The van der Waals surface area contributed by atoms with E-state index in [4.69, 9.17) is 16.7 Å². The molecule has 1 aromatic rings. The van der Waals surface area contributed by atoms with Crippen molar-refractivity contribution in [1.82, 2.24) is 0 Å². The standard InChI is InChI=1S/C10H10ClF3O/c1-6(15)2-7-3-8(10(12,13)14)5-9(11)4-7/h3-6,15H,2H2,1H3. The van der Waals surface area contributed by atoms with Gasteiger partial charge in [-0.1, -0.05) is 11.6 Å². The largest absolute Gasteiger partial charge is 0.416 e. The molecule has 1 rings (SSSR count). The van der Waals surface area contributed by atoms with E-state index in [2.05, 4.69) is 0 Å². The minimum Gasteiger partial charge on any atom is -0.393 e. The van der Waals surface area contributed by atoms with Crippen LogP contribution in [0.4, 0.5) is 13.2 Å². The van der Waals surface area contributed by atoms with Gasteiger partial charge in [-0.25, -0.2) is 0 Å². The van der Waals surface area contributed by atoms with E-state index >= 15 is 0 Å². The van der Waals surface area contributed by atoms with Gasteiger partial charge < -0.3 is 5.11 Å². The third kappa shape index (κ3) is 3.72. The van der Waals surface area contributed by atoms with Crippen molar-refractivity contribution in [2.45, 2.75) is 25.6 Å². The third-order valence-electron chi connectivity index (χ3n) is 1.82. The van der Waals surface area contributed by atoms with E-state index in [-0.39, 0.29) is 11.4 Å². The molecule has 1 N–H and O–H groups in total. The molecule has 1 atom stereocenters. The van der Waals surface area contributed by atoms with E-state index in [0.29, 0.717) is 5.56 Å². The number of hydrogen-bond donors (Lipinski definition) is 1. The van der Waals surface area contributed by atoms with Crippen LogP contribution in [0.25, 0.3) is 0 Å². The first kappa shape index (κ1) is 12.3. The second kappa shape index (κ2) is 4.41. The molecule has 1 nitrogen and oxygen atoms in total. The van der Waals surface area contributed by atoms with Gasteiger partial charge in [0.05, 0.1) is 11.7 Å². The Balaban J connectivity index is 3.06. The molecule has 0 fully saturated rings. The van der Waals surface area contributed by atoms with Crippen molar-refractivity contribution >= 4 is 11.6 Å². The molecule has 0 spiro atoms. The number of hydrogen-bond acceptors (Lipinski definition) is 1. The van der Waals surface area contributed by atoms with Crippen LogP contribution in [0.1, 0.15) is 18.1 Å². The molecule has 84 valence electrons. The lowest BCUT2D eigenvalue weighted by Gasteiger charge is -2.10. The average molecular weight is 239 g/mol. The highest BCUT2D eigenvalue weighted by Gasteiger charge is 2.31. The molecule has 1 aromatic carbocycles. The van der Waals surface area contributed by atoms with Gasteiger partial charge in [-0.15, -0.1) is 0 Å². The number of aliphatic hydroxyl groups is 1. The summed E-state index contributed by atoms with van der Waals surface area (Å²) < 4.78 is 37.1. The number of alkyl halides is 3. The molecule has 0 radical (unpaired) electrons. The Bertz CT molecular complexity index is 347. The summed E-state index contributed by atoms with van der Waals surface area (Å²) in [4.78, 5) is 0. The second-order valence-corrected chi connectivity index (χ2v) is 3.84. The molecule has 0 aromatic heterocycles. The maximum absolute atomic E-state index is 12.4. The fourth-order valence-corrected chi connectivity index (χ4v) is 1.53. The molecule has 0 amide bonds. The van der Waals surface area contributed by atoms with Crippen molar-refractivity contribution in [2.24, 2.45) is 0 Å². The van der Waals surface area contributed by atoms with Gasteiger partial charge in [0, 0.05) is 5.02 Å². The van der Waals surface area contributed by atoms with Crippen LogP contribution in [-0.2, 0) is 12.6 Å². The zero-order valence-corrected chi connectivity index (χ0v) is 8.73. The molecule has 0 aliphatic carbocycles. The summed E-state index contributed by atoms with van der Waals surface area (Å²) in [5.74, 6) is 0. The van der Waals surface area contributed by atoms with Crippen molar-refractivity contribution in [2.75, 3.05) is 0 Å². The minimum atomic E-state index is -4.40. The van der Waals surface area contributed by atoms with E-state index in [1.54, 1.807) is 0 Å². The summed E-state index contributed by atoms with van der Waals surface area (Å²) in [7, 11) is 0. The van der Waals surface area contributed by atoms with Crippen molar-refractivity contribution in [1.29, 1.82) is 0 Å². The van der Waals surface area contributed by atoms with Crippen molar-refractivity contribution in [3.05, 3.63) is 34.3 Å². The maximum atomic E-state index is 12.4. The van der Waals surface area contributed by atoms with Crippen LogP contribution in [0.15, 0.2) is 18.2 Å². The fraction of sp³-hybridized carbons (Fsp3) is 0.400. The molecular weight excluding hydrogens is 229 g/mol. The van der Waals surface area contributed by atoms with E-state index in [1.807, 2.05) is 0 Å². The highest BCUT2D eigenvalue weighted by Crippen LogP contribution is 2.32. The van der Waals surface area contributed by atoms with Crippen molar-refractivity contribution in [3.63, 3.8) is 0 Å². The first-order chi connectivity index (χ1) is 6.79. The normalized spacial score (nSPS) is 14.0. The van der Waals surface area contributed by atoms with Crippen LogP contribution in [0.5, 0.6) is 0 Å². The Morgan fingerprint density at radius 2 is 1.93 bits per heavy atom. The molecule has 15 heavy (non-hydrogen) atoms. The van der Waals surface area contributed by atoms with Crippen molar-refractivity contribution in [3.8, 4) is 0 Å². The lowest BCUT2D eigenvalue weighted by Crippen LogP contribution is -2.08. The topological polar surface area (TPSA) is 20.2 Å². The Morgan fingerprint density at radius 3 is 2.40 bits per heavy atom. The van der Waals surface area contributed by atoms with Gasteiger partial charge in [-0.05, 0) is 37.1 Å². The highest BCUT2D eigenvalue weighted by atomic mass is 35.5. The van der Waals surface area contributed by atoms with Crippen LogP contribution in [0.3, 0.4) is 0 Å². The Hall–Kier alpha value is -0.740. The molecule has 0 aliphatic rings. The maximum Gasteiger partial charge on any atom is 0.416 e. The fourth-order valence-electron chi connectivity index (χ4n) is 1.27. The quantitative estimate of drug-likeness (QED) is 0.838. The summed E-state index contributed by atoms with van der Waals surface area (Å²) in [6.07, 6.45) is -4.94. The second-order valence-electron chi connectivity index (χ2n) is 3.40. The SMILES string of the molecule is CC(O)Cc1cc(Cl)cc(C(F)(F)F)c1. The number of aliphatic hydroxyl groups excluding tert-OH is 1. The Labute approximate surface area is 90.5 Å². The predicted molar refractivity (Wildman–Crippen MR) is 51.8 cm³/mol. The molecule has 0 heterocycles. The summed E-state index contributed by atoms with van der Waals surface area (Å²) >= 11 is 5.56. The van der Waals surface area contributed by atoms with Crippen LogP contribution in [0, 0.1) is 0 Å². The summed E-state index contributed by atoms with van der Waals surface area (Å²) in [6.45, 7) is 1.51. The monoisotopic (exact) mass is 238 g/mol. The predicted octanol–water partition coefficient (Wildman–Crippen LogP) is 3.28. The molecule has 0 saturated carbocycles. The van der Waals surface area contributed by atoms with Gasteiger partial charge >= 0.3 is 6.18 Å². The number of benzene rings is 1. The van der Waals surface area contributed by atoms with E-state index in [0.717, 1.165) is 12.1 Å². The van der Waals surface area contributed by atoms with Gasteiger partial charge in [-0.2, -0.15) is 13.2 Å². The van der Waals surface area contributed by atoms with Gasteiger partial charge in [0.2, 0.25) is 0 Å². The van der Waals surface area contributed by atoms with E-state index in [1.165, 1.54) is 13.0 Å². The molecule has 0 bridgehead atoms. The Kier molecular flexibility index (Phi) is 3.62. The first-order valence-electron chi connectivity index (χ1n) is 4.34. The average Bonchev–Trinajstić information content (AvgIpc) is 1.99. The van der Waals surface area contributed by atoms with Gasteiger partial charge in [0.15, 0.2) is 0 Å². The third-order valence-corrected chi connectivity index (χ3v) is 2.03. The summed E-state index contributed by atoms with van der Waals surface area (Å²) in [5.41, 5.74) is -0.407. The molecular formula is C10H10ClF3O. The highest BCUT2D eigenvalue weighted by molar-refractivity contribution is 6.30. The smallest absolute Gasteiger partial charge is 0.393 e. The zero-order chi connectivity index (χ0) is 11.6. The van der Waals surface area contributed by atoms with Crippen LogP contribution in [-0.4, -0.2) is 11.2 Å². The zero-order valence-electron chi connectivity index (χ0n) is 7.98. The molecule has 5 heteroatoms. The Morgan fingerprint density at radius 1 is 1.33 bits per heavy atom. The van der Waals surface area contributed by atoms with Gasteiger partial charge in [0.1, 0.15) is 0 Å². The first-order valence-corrected chi connectivity index (χ1v) is 4.71. The van der Waals surface area contributed by atoms with Crippen LogP contribution >= 0.6 is 11.6 Å². The molecule has 0 saturated heterocycles. The number of rotatable bonds is 2. The van der Waals surface area contributed by atoms with Gasteiger partial charge in [-0.3, -0.25) is 0 Å². The molecule has 0 aliphatic heterocycles. The summed E-state index contributed by atoms with van der Waals surface area (Å²) in [6, 6.07) is 3.29. The summed E-state index contributed by atoms with van der Waals surface area (Å²) in [5, 5.41) is 9.09. The number of halogens is 4. The molecule has 1 unspecified atom stereocenters. The van der Waals surface area contributed by atoms with Gasteiger partial charge in [0.25, 0.3) is 0 Å². The van der Waals surface area contributed by atoms with E-state index in [9.17, 15) is 13.2 Å².